The van der Waals surface area contributed by atoms with Gasteiger partial charge in [-0.1, -0.05) is 0 Å². The molecule has 0 heterocycles. The van der Waals surface area contributed by atoms with Crippen LogP contribution in [-0.4, -0.2) is 39.1 Å². The average Bonchev–Trinajstić information content (AvgIpc) is 2.69. The van der Waals surface area contributed by atoms with Crippen LogP contribution in [0.15, 0.2) is 47.6 Å². The van der Waals surface area contributed by atoms with Gasteiger partial charge in [0.15, 0.2) is 18.1 Å². The minimum Gasteiger partial charge on any atom is -0.497 e. The fourth-order valence-electron chi connectivity index (χ4n) is 2.18. The summed E-state index contributed by atoms with van der Waals surface area (Å²) in [4.78, 5) is 11.8. The molecule has 7 nitrogen and oxygen atoms in total. The molecule has 0 bridgehead atoms. The van der Waals surface area contributed by atoms with Crippen LogP contribution >= 0.6 is 0 Å². The first kappa shape index (κ1) is 20.1. The Balaban J connectivity index is 1.86. The van der Waals surface area contributed by atoms with E-state index >= 15 is 0 Å². The molecule has 2 aromatic rings. The van der Waals surface area contributed by atoms with Crippen LogP contribution in [0, 0.1) is 0 Å². The summed E-state index contributed by atoms with van der Waals surface area (Å²) in [5, 5.41) is 3.94. The third-order valence-corrected chi connectivity index (χ3v) is 3.40. The van der Waals surface area contributed by atoms with Gasteiger partial charge < -0.3 is 18.9 Å². The largest absolute Gasteiger partial charge is 0.497 e. The van der Waals surface area contributed by atoms with Gasteiger partial charge in [-0.2, -0.15) is 5.10 Å². The van der Waals surface area contributed by atoms with Gasteiger partial charge in [0.1, 0.15) is 11.5 Å². The molecule has 0 saturated heterocycles. The highest BCUT2D eigenvalue weighted by Crippen LogP contribution is 2.27. The number of hydrogen-bond donors (Lipinski definition) is 1. The van der Waals surface area contributed by atoms with Gasteiger partial charge in [0.2, 0.25) is 0 Å². The Morgan fingerprint density at radius 1 is 0.963 bits per heavy atom. The van der Waals surface area contributed by atoms with Crippen molar-refractivity contribution >= 4 is 12.1 Å². The minimum atomic E-state index is -0.363. The fraction of sp³-hybridized carbons (Fsp3) is 0.300. The van der Waals surface area contributed by atoms with E-state index in [2.05, 4.69) is 10.5 Å². The van der Waals surface area contributed by atoms with Crippen LogP contribution in [0.2, 0.25) is 0 Å². The Hall–Kier alpha value is -3.22. The molecule has 0 aliphatic heterocycles. The van der Waals surface area contributed by atoms with Crippen molar-refractivity contribution in [2.45, 2.75) is 13.8 Å². The maximum Gasteiger partial charge on any atom is 0.277 e. The normalized spacial score (nSPS) is 10.5. The molecule has 2 rings (SSSR count). The first-order valence-corrected chi connectivity index (χ1v) is 8.64. The van der Waals surface area contributed by atoms with Crippen LogP contribution in [-0.2, 0) is 4.79 Å². The number of benzene rings is 2. The van der Waals surface area contributed by atoms with Crippen LogP contribution in [0.25, 0.3) is 0 Å². The molecule has 0 unspecified atom stereocenters. The lowest BCUT2D eigenvalue weighted by Crippen LogP contribution is -2.24. The van der Waals surface area contributed by atoms with Crippen molar-refractivity contribution in [3.8, 4) is 23.0 Å². The predicted molar refractivity (Wildman–Crippen MR) is 103 cm³/mol. The molecule has 0 aliphatic carbocycles. The van der Waals surface area contributed by atoms with Crippen molar-refractivity contribution in [3.63, 3.8) is 0 Å². The Kier molecular flexibility index (Phi) is 7.96. The van der Waals surface area contributed by atoms with E-state index in [0.29, 0.717) is 30.5 Å². The number of nitrogens with zero attached hydrogens (tertiary/aromatic N) is 1. The first-order chi connectivity index (χ1) is 13.2. The summed E-state index contributed by atoms with van der Waals surface area (Å²) in [7, 11) is 1.59. The van der Waals surface area contributed by atoms with E-state index in [4.69, 9.17) is 18.9 Å². The van der Waals surface area contributed by atoms with Gasteiger partial charge in [0.05, 0.1) is 26.5 Å². The van der Waals surface area contributed by atoms with Gasteiger partial charge >= 0.3 is 0 Å². The zero-order chi connectivity index (χ0) is 19.5. The van der Waals surface area contributed by atoms with E-state index in [-0.39, 0.29) is 12.5 Å². The van der Waals surface area contributed by atoms with Crippen LogP contribution in [0.5, 0.6) is 23.0 Å². The van der Waals surface area contributed by atoms with Crippen molar-refractivity contribution in [2.24, 2.45) is 5.10 Å². The molecule has 0 radical (unpaired) electrons. The molecule has 1 amide bonds. The van der Waals surface area contributed by atoms with Gasteiger partial charge in [-0.15, -0.1) is 0 Å². The summed E-state index contributed by atoms with van der Waals surface area (Å²) < 4.78 is 21.5. The molecule has 2 aromatic carbocycles. The van der Waals surface area contributed by atoms with Crippen LogP contribution in [0.3, 0.4) is 0 Å². The second-order valence-electron chi connectivity index (χ2n) is 5.33. The average molecular weight is 372 g/mol. The first-order valence-electron chi connectivity index (χ1n) is 8.64. The van der Waals surface area contributed by atoms with Crippen molar-refractivity contribution in [2.75, 3.05) is 26.9 Å². The maximum absolute atomic E-state index is 11.8. The van der Waals surface area contributed by atoms with Crippen molar-refractivity contribution in [3.05, 3.63) is 48.0 Å². The molecule has 0 fully saturated rings. The summed E-state index contributed by atoms with van der Waals surface area (Å²) in [6.07, 6.45) is 1.53. The highest BCUT2D eigenvalue weighted by Gasteiger charge is 2.05. The van der Waals surface area contributed by atoms with E-state index in [9.17, 15) is 4.79 Å². The fourth-order valence-corrected chi connectivity index (χ4v) is 2.18. The van der Waals surface area contributed by atoms with E-state index in [1.54, 1.807) is 37.4 Å². The lowest BCUT2D eigenvalue weighted by molar-refractivity contribution is -0.123. The summed E-state index contributed by atoms with van der Waals surface area (Å²) in [5.41, 5.74) is 3.20. The molecule has 0 spiro atoms. The van der Waals surface area contributed by atoms with Gasteiger partial charge in [0.25, 0.3) is 5.91 Å². The highest BCUT2D eigenvalue weighted by atomic mass is 16.5. The Morgan fingerprint density at radius 3 is 2.30 bits per heavy atom. The number of carbonyl (C=O) groups is 1. The number of nitrogens with one attached hydrogen (secondary N) is 1. The topological polar surface area (TPSA) is 78.4 Å². The number of ether oxygens (including phenoxy) is 4. The number of amides is 1. The quantitative estimate of drug-likeness (QED) is 0.512. The Labute approximate surface area is 158 Å². The molecule has 0 aromatic heterocycles. The number of hydrogen-bond acceptors (Lipinski definition) is 6. The molecule has 0 atom stereocenters. The molecule has 27 heavy (non-hydrogen) atoms. The Bertz CT molecular complexity index is 759. The van der Waals surface area contributed by atoms with Crippen molar-refractivity contribution in [1.82, 2.24) is 5.43 Å². The van der Waals surface area contributed by atoms with E-state index in [1.165, 1.54) is 6.21 Å². The lowest BCUT2D eigenvalue weighted by Gasteiger charge is -2.11. The molecular formula is C20H24N2O5. The predicted octanol–water partition coefficient (Wildman–Crippen LogP) is 3.02. The van der Waals surface area contributed by atoms with Gasteiger partial charge in [-0.25, -0.2) is 5.43 Å². The third-order valence-electron chi connectivity index (χ3n) is 3.40. The number of methoxy groups -OCH3 is 1. The van der Waals surface area contributed by atoms with Crippen molar-refractivity contribution in [1.29, 1.82) is 0 Å². The standard InChI is InChI=1S/C20H24N2O5/c1-4-25-18-11-6-15(12-19(18)26-5-2)13-21-22-20(23)14-27-17-9-7-16(24-3)8-10-17/h6-13H,4-5,14H2,1-3H3,(H,22,23)/b21-13-. The smallest absolute Gasteiger partial charge is 0.277 e. The SMILES string of the molecule is CCOc1ccc(/C=N\NC(=O)COc2ccc(OC)cc2)cc1OCC. The molecule has 144 valence electrons. The zero-order valence-corrected chi connectivity index (χ0v) is 15.7. The van der Waals surface area contributed by atoms with Gasteiger partial charge in [-0.05, 0) is 61.9 Å². The number of hydrazone groups is 1. The summed E-state index contributed by atoms with van der Waals surface area (Å²) >= 11 is 0. The van der Waals surface area contributed by atoms with Gasteiger partial charge in [-0.3, -0.25) is 4.79 Å². The van der Waals surface area contributed by atoms with Gasteiger partial charge in [0, 0.05) is 0 Å². The van der Waals surface area contributed by atoms with E-state index < -0.39 is 0 Å². The second-order valence-corrected chi connectivity index (χ2v) is 5.33. The van der Waals surface area contributed by atoms with Crippen molar-refractivity contribution < 1.29 is 23.7 Å². The van der Waals surface area contributed by atoms with Crippen LogP contribution in [0.1, 0.15) is 19.4 Å². The van der Waals surface area contributed by atoms with E-state index in [0.717, 1.165) is 11.3 Å². The lowest BCUT2D eigenvalue weighted by atomic mass is 10.2. The third kappa shape index (κ3) is 6.54. The summed E-state index contributed by atoms with van der Waals surface area (Å²) in [5.74, 6) is 2.24. The van der Waals surface area contributed by atoms with E-state index in [1.807, 2.05) is 26.0 Å². The Morgan fingerprint density at radius 2 is 1.63 bits per heavy atom. The van der Waals surface area contributed by atoms with Crippen LogP contribution < -0.4 is 24.4 Å². The second kappa shape index (κ2) is 10.7. The maximum atomic E-state index is 11.8. The number of rotatable bonds is 10. The molecule has 7 heteroatoms. The zero-order valence-electron chi connectivity index (χ0n) is 15.7. The molecular weight excluding hydrogens is 348 g/mol. The summed E-state index contributed by atoms with van der Waals surface area (Å²) in [6.45, 7) is 4.75. The molecule has 0 saturated carbocycles. The highest BCUT2D eigenvalue weighted by molar-refractivity contribution is 5.83. The minimum absolute atomic E-state index is 0.142. The summed E-state index contributed by atoms with van der Waals surface area (Å²) in [6, 6.07) is 12.4. The monoisotopic (exact) mass is 372 g/mol. The number of carbonyl (C=O) groups excluding carboxylic acids is 1. The molecule has 1 N–H and O–H groups in total. The van der Waals surface area contributed by atoms with Crippen LogP contribution in [0.4, 0.5) is 0 Å². The molecule has 0 aliphatic rings.